The zero-order valence-electron chi connectivity index (χ0n) is 2.29. The molecule has 5 heavy (non-hydrogen) atoms. The molecule has 0 radical (unpaired) electrons. The second kappa shape index (κ2) is 4.04. The summed E-state index contributed by atoms with van der Waals surface area (Å²) in [6.45, 7) is 0. The first-order valence-corrected chi connectivity index (χ1v) is 7.61. The third-order valence-corrected chi connectivity index (χ3v) is 7.32. The molecule has 0 spiro atoms. The molecule has 0 aliphatic rings. The van der Waals surface area contributed by atoms with Crippen LogP contribution in [-0.4, -0.2) is 5.07 Å². The van der Waals surface area contributed by atoms with Crippen molar-refractivity contribution in [1.29, 1.82) is 0 Å². The lowest BCUT2D eigenvalue weighted by Gasteiger charge is -1.84. The molecule has 0 nitrogen and oxygen atoms in total. The lowest BCUT2D eigenvalue weighted by atomic mass is 11.9. The van der Waals surface area contributed by atoms with Gasteiger partial charge < -0.3 is 0 Å². The molecule has 0 saturated carbocycles. The van der Waals surface area contributed by atoms with E-state index in [0.29, 0.717) is 0 Å². The molecule has 32 valence electrons. The Morgan fingerprint density at radius 2 is 1.60 bits per heavy atom. The van der Waals surface area contributed by atoms with E-state index >= 15 is 0 Å². The highest BCUT2D eigenvalue weighted by atomic mass is 79.9. The first-order chi connectivity index (χ1) is 2.27. The SMILES string of the molecule is BrCP(Br)Br. The summed E-state index contributed by atoms with van der Waals surface area (Å²) in [6, 6.07) is 0. The topological polar surface area (TPSA) is 0 Å². The van der Waals surface area contributed by atoms with Gasteiger partial charge in [-0.2, -0.15) is 0 Å². The van der Waals surface area contributed by atoms with Crippen molar-refractivity contribution < 1.29 is 0 Å². The standard InChI is InChI=1S/CH2Br3P/c2-1-5(3)4/h1H2. The molecule has 0 aromatic rings. The van der Waals surface area contributed by atoms with E-state index < -0.39 is 0 Å². The third-order valence-electron chi connectivity index (χ3n) is 0.0904. The Hall–Kier alpha value is 1.87. The minimum atomic E-state index is -0.0566. The molecule has 0 aromatic heterocycles. The Labute approximate surface area is 57.1 Å². The predicted octanol–water partition coefficient (Wildman–Crippen LogP) is 3.44. The number of hydrogen-bond donors (Lipinski definition) is 0. The molecule has 0 bridgehead atoms. The van der Waals surface area contributed by atoms with Gasteiger partial charge in [-0.25, -0.2) is 0 Å². The third kappa shape index (κ3) is 5.87. The first kappa shape index (κ1) is 6.87. The van der Waals surface area contributed by atoms with Crippen LogP contribution in [0.4, 0.5) is 0 Å². The van der Waals surface area contributed by atoms with Crippen molar-refractivity contribution >= 4 is 52.2 Å². The maximum atomic E-state index is 3.31. The predicted molar refractivity (Wildman–Crippen MR) is 38.6 cm³/mol. The van der Waals surface area contributed by atoms with E-state index in [2.05, 4.69) is 46.9 Å². The van der Waals surface area contributed by atoms with Crippen LogP contribution in [-0.2, 0) is 0 Å². The minimum Gasteiger partial charge on any atom is -0.0859 e. The van der Waals surface area contributed by atoms with Gasteiger partial charge in [-0.1, -0.05) is 15.9 Å². The summed E-state index contributed by atoms with van der Waals surface area (Å²) < 4.78 is 0. The van der Waals surface area contributed by atoms with Gasteiger partial charge in [0.25, 0.3) is 0 Å². The first-order valence-electron chi connectivity index (χ1n) is 0.922. The van der Waals surface area contributed by atoms with Crippen molar-refractivity contribution in [3.63, 3.8) is 0 Å². The number of alkyl halides is 1. The molecular formula is CH2Br3P. The summed E-state index contributed by atoms with van der Waals surface area (Å²) in [5.74, 6) is 0. The van der Waals surface area contributed by atoms with Crippen LogP contribution in [0.25, 0.3) is 0 Å². The summed E-state index contributed by atoms with van der Waals surface area (Å²) in [5.41, 5.74) is 0. The maximum absolute atomic E-state index is 3.31. The van der Waals surface area contributed by atoms with Crippen molar-refractivity contribution in [2.45, 2.75) is 0 Å². The summed E-state index contributed by atoms with van der Waals surface area (Å²) in [6.07, 6.45) is 0. The van der Waals surface area contributed by atoms with Crippen LogP contribution >= 0.6 is 52.2 Å². The molecule has 0 aromatic carbocycles. The Balaban J connectivity index is 2.54. The molecule has 0 fully saturated rings. The smallest absolute Gasteiger partial charge is 0.0453 e. The molecule has 0 aliphatic heterocycles. The summed E-state index contributed by atoms with van der Waals surface area (Å²) in [7, 11) is 0. The number of rotatable bonds is 1. The second-order valence-corrected chi connectivity index (χ2v) is 10.8. The molecule has 0 unspecified atom stereocenters. The number of halogens is 3. The molecule has 4 heteroatoms. The average molecular weight is 285 g/mol. The molecule has 0 saturated heterocycles. The minimum absolute atomic E-state index is 0.0566. The molecule has 0 rings (SSSR count). The van der Waals surface area contributed by atoms with Gasteiger partial charge in [0.05, 0.1) is 0 Å². The van der Waals surface area contributed by atoms with Crippen LogP contribution in [0.2, 0.25) is 0 Å². The van der Waals surface area contributed by atoms with Crippen LogP contribution in [0.15, 0.2) is 0 Å². The molecule has 0 N–H and O–H groups in total. The van der Waals surface area contributed by atoms with Gasteiger partial charge in [0, 0.05) is 10.4 Å². The van der Waals surface area contributed by atoms with Crippen molar-refractivity contribution in [2.24, 2.45) is 0 Å². The van der Waals surface area contributed by atoms with Crippen LogP contribution in [0.5, 0.6) is 0 Å². The van der Waals surface area contributed by atoms with Gasteiger partial charge in [0.2, 0.25) is 0 Å². The fraction of sp³-hybridized carbons (Fsp3) is 1.00. The van der Waals surface area contributed by atoms with E-state index in [1.165, 1.54) is 0 Å². The highest BCUT2D eigenvalue weighted by Gasteiger charge is 1.86. The van der Waals surface area contributed by atoms with E-state index in [9.17, 15) is 0 Å². The zero-order valence-corrected chi connectivity index (χ0v) is 7.94. The largest absolute Gasteiger partial charge is 0.0859 e. The van der Waals surface area contributed by atoms with Gasteiger partial charge in [-0.15, -0.1) is 0 Å². The van der Waals surface area contributed by atoms with E-state index in [0.717, 1.165) is 5.07 Å². The Morgan fingerprint density at radius 1 is 1.40 bits per heavy atom. The molecule has 0 aliphatic carbocycles. The van der Waals surface area contributed by atoms with Gasteiger partial charge in [-0.3, -0.25) is 0 Å². The van der Waals surface area contributed by atoms with Crippen LogP contribution < -0.4 is 0 Å². The molecule has 0 amide bonds. The van der Waals surface area contributed by atoms with E-state index in [4.69, 9.17) is 0 Å². The zero-order chi connectivity index (χ0) is 4.28. The van der Waals surface area contributed by atoms with E-state index in [1.54, 1.807) is 0 Å². The van der Waals surface area contributed by atoms with Gasteiger partial charge in [-0.05, 0) is 31.0 Å². The number of hydrogen-bond acceptors (Lipinski definition) is 0. The van der Waals surface area contributed by atoms with Gasteiger partial charge in [0.1, 0.15) is 0 Å². The van der Waals surface area contributed by atoms with Crippen LogP contribution in [0.3, 0.4) is 0 Å². The highest BCUT2D eigenvalue weighted by molar-refractivity contribution is 9.70. The summed E-state index contributed by atoms with van der Waals surface area (Å²) in [5, 5.41) is 0.960. The molecular weight excluding hydrogens is 283 g/mol. The average Bonchev–Trinajstić information content (AvgIpc) is 1.38. The summed E-state index contributed by atoms with van der Waals surface area (Å²) in [4.78, 5) is 0. The lowest BCUT2D eigenvalue weighted by molar-refractivity contribution is 2.37. The van der Waals surface area contributed by atoms with E-state index in [-0.39, 0.29) is 5.33 Å². The fourth-order valence-electron chi connectivity index (χ4n) is 0. The van der Waals surface area contributed by atoms with Crippen molar-refractivity contribution in [1.82, 2.24) is 0 Å². The normalized spacial score (nSPS) is 9.60. The Morgan fingerprint density at radius 3 is 1.60 bits per heavy atom. The molecule has 0 atom stereocenters. The summed E-state index contributed by atoms with van der Waals surface area (Å²) >= 11 is 9.86. The Bertz CT molecular complexity index is 20.9. The van der Waals surface area contributed by atoms with Crippen LogP contribution in [0, 0.1) is 0 Å². The highest BCUT2D eigenvalue weighted by Crippen LogP contribution is 2.52. The quantitative estimate of drug-likeness (QED) is 0.511. The van der Waals surface area contributed by atoms with Crippen molar-refractivity contribution in [2.75, 3.05) is 5.07 Å². The van der Waals surface area contributed by atoms with Crippen LogP contribution in [0.1, 0.15) is 0 Å². The van der Waals surface area contributed by atoms with Crippen molar-refractivity contribution in [3.8, 4) is 0 Å². The monoisotopic (exact) mass is 282 g/mol. The Kier molecular flexibility index (Phi) is 5.55. The lowest BCUT2D eigenvalue weighted by Crippen LogP contribution is -1.39. The second-order valence-electron chi connectivity index (χ2n) is 0.422. The molecule has 0 heterocycles. The maximum Gasteiger partial charge on any atom is 0.0453 e. The van der Waals surface area contributed by atoms with Gasteiger partial charge >= 0.3 is 0 Å². The fourth-order valence-corrected chi connectivity index (χ4v) is 0. The van der Waals surface area contributed by atoms with E-state index in [1.807, 2.05) is 0 Å². The van der Waals surface area contributed by atoms with Gasteiger partial charge in [0.15, 0.2) is 0 Å². The van der Waals surface area contributed by atoms with Crippen molar-refractivity contribution in [3.05, 3.63) is 0 Å².